The average molecular weight is 293 g/mol. The zero-order valence-corrected chi connectivity index (χ0v) is 10.9. The van der Waals surface area contributed by atoms with Crippen LogP contribution >= 0.6 is 0 Å². The molecule has 21 heavy (non-hydrogen) atoms. The Hall–Kier alpha value is -2.63. The lowest BCUT2D eigenvalue weighted by molar-refractivity contribution is -0.0501. The van der Waals surface area contributed by atoms with Gasteiger partial charge in [-0.1, -0.05) is 24.3 Å². The van der Waals surface area contributed by atoms with Crippen molar-refractivity contribution in [2.75, 3.05) is 0 Å². The van der Waals surface area contributed by atoms with Crippen molar-refractivity contribution in [3.05, 3.63) is 59.7 Å². The Kier molecular flexibility index (Phi) is 4.71. The lowest BCUT2D eigenvalue weighted by Crippen LogP contribution is -2.23. The summed E-state index contributed by atoms with van der Waals surface area (Å²) in [7, 11) is 0. The number of aromatic hydroxyl groups is 1. The lowest BCUT2D eigenvalue weighted by atomic mass is 10.1. The fourth-order valence-corrected chi connectivity index (χ4v) is 1.74. The first-order chi connectivity index (χ1) is 10.1. The second-order valence-corrected chi connectivity index (χ2v) is 4.22. The Bertz CT molecular complexity index is 615. The van der Waals surface area contributed by atoms with Crippen LogP contribution in [0.3, 0.4) is 0 Å². The Morgan fingerprint density at radius 1 is 1.14 bits per heavy atom. The minimum absolute atomic E-state index is 0.0385. The van der Waals surface area contributed by atoms with Gasteiger partial charge in [0.15, 0.2) is 0 Å². The molecule has 0 saturated heterocycles. The number of ether oxygens (including phenoxy) is 1. The van der Waals surface area contributed by atoms with E-state index in [1.165, 1.54) is 30.3 Å². The van der Waals surface area contributed by atoms with Gasteiger partial charge in [-0.3, -0.25) is 4.79 Å². The zero-order valence-electron chi connectivity index (χ0n) is 10.9. The summed E-state index contributed by atoms with van der Waals surface area (Å²) in [6.07, 6.45) is 0. The molecule has 0 saturated carbocycles. The van der Waals surface area contributed by atoms with Crippen molar-refractivity contribution in [1.82, 2.24) is 5.32 Å². The van der Waals surface area contributed by atoms with E-state index in [2.05, 4.69) is 10.1 Å². The number of hydrogen-bond acceptors (Lipinski definition) is 3. The molecular formula is C15H13F2NO3. The topological polar surface area (TPSA) is 58.6 Å². The standard InChI is InChI=1S/C15H13F2NO3/c16-15(17)21-13-4-2-1-3-12(13)14(20)18-9-10-5-7-11(19)8-6-10/h1-8,15,19H,9H2,(H,18,20). The van der Waals surface area contributed by atoms with Gasteiger partial charge in [0.1, 0.15) is 11.5 Å². The van der Waals surface area contributed by atoms with Gasteiger partial charge >= 0.3 is 6.61 Å². The largest absolute Gasteiger partial charge is 0.508 e. The Labute approximate surface area is 120 Å². The average Bonchev–Trinajstić information content (AvgIpc) is 2.46. The van der Waals surface area contributed by atoms with Crippen molar-refractivity contribution in [1.29, 1.82) is 0 Å². The van der Waals surface area contributed by atoms with Crippen LogP contribution in [0.5, 0.6) is 11.5 Å². The van der Waals surface area contributed by atoms with Crippen LogP contribution < -0.4 is 10.1 Å². The SMILES string of the molecule is O=C(NCc1ccc(O)cc1)c1ccccc1OC(F)F. The lowest BCUT2D eigenvalue weighted by Gasteiger charge is -2.11. The molecule has 2 aromatic carbocycles. The number of rotatable bonds is 5. The maximum Gasteiger partial charge on any atom is 0.387 e. The molecule has 0 radical (unpaired) electrons. The van der Waals surface area contributed by atoms with Gasteiger partial charge in [-0.2, -0.15) is 8.78 Å². The van der Waals surface area contributed by atoms with Gasteiger partial charge in [0.2, 0.25) is 0 Å². The molecule has 2 rings (SSSR count). The van der Waals surface area contributed by atoms with Gasteiger partial charge in [-0.25, -0.2) is 0 Å². The van der Waals surface area contributed by atoms with E-state index in [9.17, 15) is 13.6 Å². The number of benzene rings is 2. The molecule has 0 atom stereocenters. The highest BCUT2D eigenvalue weighted by Gasteiger charge is 2.14. The van der Waals surface area contributed by atoms with E-state index in [1.54, 1.807) is 18.2 Å². The first kappa shape index (κ1) is 14.8. The number of hydrogen-bond donors (Lipinski definition) is 2. The van der Waals surface area contributed by atoms with E-state index in [0.717, 1.165) is 5.56 Å². The maximum atomic E-state index is 12.3. The summed E-state index contributed by atoms with van der Waals surface area (Å²) in [6, 6.07) is 12.1. The molecule has 0 unspecified atom stereocenters. The number of amides is 1. The van der Waals surface area contributed by atoms with Crippen LogP contribution in [0.4, 0.5) is 8.78 Å². The second kappa shape index (κ2) is 6.69. The van der Waals surface area contributed by atoms with E-state index >= 15 is 0 Å². The quantitative estimate of drug-likeness (QED) is 0.891. The second-order valence-electron chi connectivity index (χ2n) is 4.22. The van der Waals surface area contributed by atoms with Crippen molar-refractivity contribution >= 4 is 5.91 Å². The van der Waals surface area contributed by atoms with E-state index < -0.39 is 12.5 Å². The monoisotopic (exact) mass is 293 g/mol. The third-order valence-corrected chi connectivity index (χ3v) is 2.74. The minimum Gasteiger partial charge on any atom is -0.508 e. The minimum atomic E-state index is -2.99. The Morgan fingerprint density at radius 3 is 2.48 bits per heavy atom. The van der Waals surface area contributed by atoms with E-state index in [4.69, 9.17) is 5.11 Å². The highest BCUT2D eigenvalue weighted by atomic mass is 19.3. The van der Waals surface area contributed by atoms with Crippen LogP contribution in [0, 0.1) is 0 Å². The maximum absolute atomic E-state index is 12.3. The van der Waals surface area contributed by atoms with Crippen LogP contribution in [0.2, 0.25) is 0 Å². The summed E-state index contributed by atoms with van der Waals surface area (Å²) < 4.78 is 28.9. The van der Waals surface area contributed by atoms with Gasteiger partial charge in [0.25, 0.3) is 5.91 Å². The molecule has 6 heteroatoms. The van der Waals surface area contributed by atoms with Gasteiger partial charge in [-0.15, -0.1) is 0 Å². The zero-order chi connectivity index (χ0) is 15.2. The molecule has 1 amide bonds. The molecule has 0 bridgehead atoms. The molecule has 0 fully saturated rings. The summed E-state index contributed by atoms with van der Waals surface area (Å²) in [6.45, 7) is -2.78. The van der Waals surface area contributed by atoms with E-state index in [1.807, 2.05) is 0 Å². The first-order valence-electron chi connectivity index (χ1n) is 6.16. The van der Waals surface area contributed by atoms with E-state index in [0.29, 0.717) is 0 Å². The number of phenols is 1. The molecule has 0 aromatic heterocycles. The van der Waals surface area contributed by atoms with Crippen LogP contribution in [-0.4, -0.2) is 17.6 Å². The fourth-order valence-electron chi connectivity index (χ4n) is 1.74. The fraction of sp³-hybridized carbons (Fsp3) is 0.133. The summed E-state index contributed by atoms with van der Waals surface area (Å²) >= 11 is 0. The molecule has 0 spiro atoms. The molecule has 0 aliphatic carbocycles. The number of phenolic OH excluding ortho intramolecular Hbond substituents is 1. The molecule has 0 aliphatic heterocycles. The normalized spacial score (nSPS) is 10.4. The van der Waals surface area contributed by atoms with Crippen molar-refractivity contribution < 1.29 is 23.4 Å². The summed E-state index contributed by atoms with van der Waals surface area (Å²) in [5, 5.41) is 11.8. The third kappa shape index (κ3) is 4.17. The van der Waals surface area contributed by atoms with Crippen LogP contribution in [0.15, 0.2) is 48.5 Å². The molecule has 2 aromatic rings. The smallest absolute Gasteiger partial charge is 0.387 e. The molecule has 0 heterocycles. The van der Waals surface area contributed by atoms with Crippen molar-refractivity contribution in [2.45, 2.75) is 13.2 Å². The van der Waals surface area contributed by atoms with Crippen molar-refractivity contribution in [3.8, 4) is 11.5 Å². The van der Waals surface area contributed by atoms with Gasteiger partial charge < -0.3 is 15.2 Å². The third-order valence-electron chi connectivity index (χ3n) is 2.74. The predicted octanol–water partition coefficient (Wildman–Crippen LogP) is 2.92. The Morgan fingerprint density at radius 2 is 1.81 bits per heavy atom. The first-order valence-corrected chi connectivity index (χ1v) is 6.16. The Balaban J connectivity index is 2.05. The predicted molar refractivity (Wildman–Crippen MR) is 72.4 cm³/mol. The van der Waals surface area contributed by atoms with Crippen LogP contribution in [0.1, 0.15) is 15.9 Å². The highest BCUT2D eigenvalue weighted by molar-refractivity contribution is 5.96. The number of carbonyl (C=O) groups is 1. The van der Waals surface area contributed by atoms with Gasteiger partial charge in [-0.05, 0) is 29.8 Å². The van der Waals surface area contributed by atoms with Crippen molar-refractivity contribution in [3.63, 3.8) is 0 Å². The number of halogens is 2. The number of alkyl halides is 2. The van der Waals surface area contributed by atoms with E-state index in [-0.39, 0.29) is 23.6 Å². The highest BCUT2D eigenvalue weighted by Crippen LogP contribution is 2.20. The van der Waals surface area contributed by atoms with Crippen molar-refractivity contribution in [2.24, 2.45) is 0 Å². The number of nitrogens with one attached hydrogen (secondary N) is 1. The number of para-hydroxylation sites is 1. The number of carbonyl (C=O) groups excluding carboxylic acids is 1. The van der Waals surface area contributed by atoms with Gasteiger partial charge in [0.05, 0.1) is 5.56 Å². The van der Waals surface area contributed by atoms with Gasteiger partial charge in [0, 0.05) is 6.54 Å². The molecule has 4 nitrogen and oxygen atoms in total. The van der Waals surface area contributed by atoms with Crippen LogP contribution in [-0.2, 0) is 6.54 Å². The molecule has 2 N–H and O–H groups in total. The van der Waals surface area contributed by atoms with Crippen LogP contribution in [0.25, 0.3) is 0 Å². The summed E-state index contributed by atoms with van der Waals surface area (Å²) in [4.78, 5) is 12.0. The molecule has 110 valence electrons. The molecular weight excluding hydrogens is 280 g/mol. The molecule has 0 aliphatic rings. The summed E-state index contributed by atoms with van der Waals surface area (Å²) in [5.41, 5.74) is 0.810. The summed E-state index contributed by atoms with van der Waals surface area (Å²) in [5.74, 6) is -0.559.